The number of hydrogen-bond acceptors (Lipinski definition) is 2. The molecule has 1 rings (SSSR count). The lowest BCUT2D eigenvalue weighted by Gasteiger charge is -2.05. The monoisotopic (exact) mass is 177 g/mol. The second-order valence-electron chi connectivity index (χ2n) is 3.10. The molecule has 0 unspecified atom stereocenters. The zero-order chi connectivity index (χ0) is 9.68. The molecule has 0 aliphatic rings. The average molecular weight is 177 g/mol. The van der Waals surface area contributed by atoms with Gasteiger partial charge in [-0.2, -0.15) is 0 Å². The van der Waals surface area contributed by atoms with Crippen LogP contribution in [0.5, 0.6) is 0 Å². The Morgan fingerprint density at radius 2 is 2.23 bits per heavy atom. The summed E-state index contributed by atoms with van der Waals surface area (Å²) in [6.45, 7) is 4.55. The molecule has 3 nitrogen and oxygen atoms in total. The van der Waals surface area contributed by atoms with Gasteiger partial charge in [-0.05, 0) is 18.1 Å². The SMILES string of the molecule is C[C](C)CNC(=O)c1ccccn1. The summed E-state index contributed by atoms with van der Waals surface area (Å²) in [5.74, 6) is 1.05. The smallest absolute Gasteiger partial charge is 0.269 e. The van der Waals surface area contributed by atoms with Gasteiger partial charge in [0, 0.05) is 12.7 Å². The van der Waals surface area contributed by atoms with Crippen LogP contribution in [0.3, 0.4) is 0 Å². The van der Waals surface area contributed by atoms with E-state index in [2.05, 4.69) is 10.3 Å². The lowest BCUT2D eigenvalue weighted by atomic mass is 10.2. The summed E-state index contributed by atoms with van der Waals surface area (Å²) >= 11 is 0. The quantitative estimate of drug-likeness (QED) is 0.758. The largest absolute Gasteiger partial charge is 0.350 e. The number of pyridine rings is 1. The highest BCUT2D eigenvalue weighted by molar-refractivity contribution is 5.92. The van der Waals surface area contributed by atoms with Gasteiger partial charge in [-0.25, -0.2) is 0 Å². The highest BCUT2D eigenvalue weighted by atomic mass is 16.1. The number of aromatic nitrogens is 1. The Balaban J connectivity index is 2.50. The van der Waals surface area contributed by atoms with Crippen molar-refractivity contribution in [2.45, 2.75) is 13.8 Å². The first kappa shape index (κ1) is 9.71. The van der Waals surface area contributed by atoms with E-state index in [1.54, 1.807) is 24.4 Å². The second-order valence-corrected chi connectivity index (χ2v) is 3.10. The number of nitrogens with one attached hydrogen (secondary N) is 1. The second kappa shape index (κ2) is 4.60. The van der Waals surface area contributed by atoms with E-state index in [0.29, 0.717) is 12.2 Å². The van der Waals surface area contributed by atoms with E-state index < -0.39 is 0 Å². The Morgan fingerprint density at radius 3 is 2.77 bits per heavy atom. The number of hydrogen-bond donors (Lipinski definition) is 1. The number of nitrogens with zero attached hydrogens (tertiary/aromatic N) is 1. The maximum absolute atomic E-state index is 11.4. The fraction of sp³-hybridized carbons (Fsp3) is 0.300. The first-order valence-electron chi connectivity index (χ1n) is 4.18. The number of carbonyl (C=O) groups is 1. The molecule has 3 heteroatoms. The van der Waals surface area contributed by atoms with E-state index >= 15 is 0 Å². The molecular formula is C10H13N2O. The van der Waals surface area contributed by atoms with Crippen molar-refractivity contribution in [2.24, 2.45) is 0 Å². The molecule has 13 heavy (non-hydrogen) atoms. The Labute approximate surface area is 78.2 Å². The Kier molecular flexibility index (Phi) is 3.43. The molecule has 0 aliphatic carbocycles. The minimum atomic E-state index is -0.123. The Morgan fingerprint density at radius 1 is 1.46 bits per heavy atom. The molecule has 1 aromatic heterocycles. The third-order valence-corrected chi connectivity index (χ3v) is 1.50. The highest BCUT2D eigenvalue weighted by Gasteiger charge is 2.05. The van der Waals surface area contributed by atoms with Gasteiger partial charge in [0.2, 0.25) is 0 Å². The van der Waals surface area contributed by atoms with Crippen LogP contribution in [-0.2, 0) is 0 Å². The number of carbonyl (C=O) groups excluding carboxylic acids is 1. The topological polar surface area (TPSA) is 42.0 Å². The van der Waals surface area contributed by atoms with E-state index in [1.165, 1.54) is 5.92 Å². The van der Waals surface area contributed by atoms with Gasteiger partial charge < -0.3 is 5.32 Å². The van der Waals surface area contributed by atoms with Gasteiger partial charge in [0.1, 0.15) is 5.69 Å². The molecule has 0 aliphatic heterocycles. The molecule has 69 valence electrons. The van der Waals surface area contributed by atoms with Crippen molar-refractivity contribution in [2.75, 3.05) is 6.54 Å². The van der Waals surface area contributed by atoms with Crippen molar-refractivity contribution >= 4 is 5.91 Å². The van der Waals surface area contributed by atoms with E-state index in [1.807, 2.05) is 13.8 Å². The van der Waals surface area contributed by atoms with Gasteiger partial charge in [0.15, 0.2) is 0 Å². The van der Waals surface area contributed by atoms with Crippen LogP contribution in [0.1, 0.15) is 24.3 Å². The molecule has 1 heterocycles. The lowest BCUT2D eigenvalue weighted by Crippen LogP contribution is -2.27. The average Bonchev–Trinajstić information content (AvgIpc) is 2.15. The Hall–Kier alpha value is -1.38. The summed E-state index contributed by atoms with van der Waals surface area (Å²) in [5.41, 5.74) is 0.462. The molecule has 0 atom stereocenters. The third-order valence-electron chi connectivity index (χ3n) is 1.50. The predicted octanol–water partition coefficient (Wildman–Crippen LogP) is 1.43. The van der Waals surface area contributed by atoms with Gasteiger partial charge in [0.05, 0.1) is 0 Å². The van der Waals surface area contributed by atoms with Gasteiger partial charge in [-0.1, -0.05) is 19.9 Å². The van der Waals surface area contributed by atoms with Crippen LogP contribution in [-0.4, -0.2) is 17.4 Å². The summed E-state index contributed by atoms with van der Waals surface area (Å²) in [6.07, 6.45) is 1.61. The van der Waals surface area contributed by atoms with Gasteiger partial charge in [-0.3, -0.25) is 9.78 Å². The first-order chi connectivity index (χ1) is 6.20. The maximum Gasteiger partial charge on any atom is 0.269 e. The summed E-state index contributed by atoms with van der Waals surface area (Å²) in [7, 11) is 0. The van der Waals surface area contributed by atoms with Crippen LogP contribution >= 0.6 is 0 Å². The minimum Gasteiger partial charge on any atom is -0.350 e. The third kappa shape index (κ3) is 3.23. The van der Waals surface area contributed by atoms with E-state index in [0.717, 1.165) is 0 Å². The van der Waals surface area contributed by atoms with Gasteiger partial charge >= 0.3 is 0 Å². The van der Waals surface area contributed by atoms with Crippen LogP contribution in [0.2, 0.25) is 0 Å². The molecule has 0 saturated carbocycles. The van der Waals surface area contributed by atoms with Crippen molar-refractivity contribution in [1.29, 1.82) is 0 Å². The number of amides is 1. The van der Waals surface area contributed by atoms with Gasteiger partial charge in [-0.15, -0.1) is 0 Å². The van der Waals surface area contributed by atoms with Crippen LogP contribution in [0.4, 0.5) is 0 Å². The summed E-state index contributed by atoms with van der Waals surface area (Å²) in [4.78, 5) is 15.3. The van der Waals surface area contributed by atoms with Crippen LogP contribution in [0, 0.1) is 5.92 Å². The zero-order valence-corrected chi connectivity index (χ0v) is 7.87. The summed E-state index contributed by atoms with van der Waals surface area (Å²) in [5, 5.41) is 2.76. The van der Waals surface area contributed by atoms with E-state index in [4.69, 9.17) is 0 Å². The van der Waals surface area contributed by atoms with Crippen molar-refractivity contribution in [3.8, 4) is 0 Å². The van der Waals surface area contributed by atoms with Crippen molar-refractivity contribution < 1.29 is 4.79 Å². The highest BCUT2D eigenvalue weighted by Crippen LogP contribution is 1.95. The molecule has 1 amide bonds. The predicted molar refractivity (Wildman–Crippen MR) is 51.2 cm³/mol. The fourth-order valence-electron chi connectivity index (χ4n) is 0.845. The van der Waals surface area contributed by atoms with Gasteiger partial charge in [0.25, 0.3) is 5.91 Å². The number of rotatable bonds is 3. The normalized spacial score (nSPS) is 10.1. The minimum absolute atomic E-state index is 0.123. The standard InChI is InChI=1S/C10H13N2O/c1-8(2)7-12-10(13)9-5-3-4-6-11-9/h3-6H,7H2,1-2H3,(H,12,13). The van der Waals surface area contributed by atoms with Crippen LogP contribution in [0.15, 0.2) is 24.4 Å². The molecule has 0 bridgehead atoms. The molecular weight excluding hydrogens is 164 g/mol. The molecule has 0 saturated heterocycles. The zero-order valence-electron chi connectivity index (χ0n) is 7.87. The molecule has 0 fully saturated rings. The first-order valence-corrected chi connectivity index (χ1v) is 4.18. The molecule has 1 radical (unpaired) electrons. The summed E-state index contributed by atoms with van der Waals surface area (Å²) in [6, 6.07) is 5.28. The summed E-state index contributed by atoms with van der Waals surface area (Å²) < 4.78 is 0. The van der Waals surface area contributed by atoms with Crippen molar-refractivity contribution in [3.63, 3.8) is 0 Å². The Bertz CT molecular complexity index is 270. The van der Waals surface area contributed by atoms with Crippen molar-refractivity contribution in [3.05, 3.63) is 36.0 Å². The lowest BCUT2D eigenvalue weighted by molar-refractivity contribution is 0.0950. The maximum atomic E-state index is 11.4. The van der Waals surface area contributed by atoms with E-state index in [-0.39, 0.29) is 5.91 Å². The molecule has 0 spiro atoms. The molecule has 0 aromatic carbocycles. The van der Waals surface area contributed by atoms with Crippen LogP contribution < -0.4 is 5.32 Å². The molecule has 1 N–H and O–H groups in total. The van der Waals surface area contributed by atoms with E-state index in [9.17, 15) is 4.79 Å². The molecule has 1 aromatic rings. The fourth-order valence-corrected chi connectivity index (χ4v) is 0.845. The van der Waals surface area contributed by atoms with Crippen LogP contribution in [0.25, 0.3) is 0 Å². The van der Waals surface area contributed by atoms with Crippen molar-refractivity contribution in [1.82, 2.24) is 10.3 Å².